The molecule has 3 aromatic rings. The maximum Gasteiger partial charge on any atom is 0.258 e. The van der Waals surface area contributed by atoms with E-state index in [4.69, 9.17) is 10.3 Å². The fourth-order valence-corrected chi connectivity index (χ4v) is 1.88. The molecule has 0 spiro atoms. The van der Waals surface area contributed by atoms with Crippen LogP contribution in [-0.2, 0) is 0 Å². The van der Waals surface area contributed by atoms with Crippen molar-refractivity contribution >= 4 is 16.8 Å². The largest absolute Gasteiger partial charge is 0.397 e. The molecule has 0 saturated heterocycles. The summed E-state index contributed by atoms with van der Waals surface area (Å²) >= 11 is 0. The topological polar surface area (TPSA) is 64.9 Å². The standard InChI is InChI=1S/C13H11N3O/c1-8-4-2-3-5-10(8)12-11-6-9(14)7-15-13(11)17-16-12/h2-7H,14H2,1H3. The monoisotopic (exact) mass is 225 g/mol. The van der Waals surface area contributed by atoms with E-state index in [-0.39, 0.29) is 0 Å². The number of hydrogen-bond acceptors (Lipinski definition) is 4. The van der Waals surface area contributed by atoms with Crippen molar-refractivity contribution in [2.45, 2.75) is 6.92 Å². The lowest BCUT2D eigenvalue weighted by molar-refractivity contribution is 0.451. The Morgan fingerprint density at radius 1 is 1.24 bits per heavy atom. The van der Waals surface area contributed by atoms with Crippen molar-refractivity contribution < 1.29 is 4.52 Å². The van der Waals surface area contributed by atoms with Crippen molar-refractivity contribution in [1.29, 1.82) is 0 Å². The highest BCUT2D eigenvalue weighted by Gasteiger charge is 2.12. The van der Waals surface area contributed by atoms with E-state index < -0.39 is 0 Å². The molecule has 0 aliphatic rings. The zero-order valence-electron chi connectivity index (χ0n) is 9.34. The van der Waals surface area contributed by atoms with Crippen LogP contribution >= 0.6 is 0 Å². The summed E-state index contributed by atoms with van der Waals surface area (Å²) in [5.41, 5.74) is 9.83. The Hall–Kier alpha value is -2.36. The average Bonchev–Trinajstić information content (AvgIpc) is 2.72. The first-order valence-corrected chi connectivity index (χ1v) is 5.32. The van der Waals surface area contributed by atoms with Gasteiger partial charge in [-0.1, -0.05) is 29.4 Å². The Morgan fingerprint density at radius 3 is 2.88 bits per heavy atom. The third-order valence-electron chi connectivity index (χ3n) is 2.75. The normalized spacial score (nSPS) is 10.9. The molecule has 2 aromatic heterocycles. The molecule has 0 amide bonds. The number of fused-ring (bicyclic) bond motifs is 1. The van der Waals surface area contributed by atoms with Crippen LogP contribution in [0.2, 0.25) is 0 Å². The summed E-state index contributed by atoms with van der Waals surface area (Å²) in [4.78, 5) is 4.10. The maximum absolute atomic E-state index is 5.74. The van der Waals surface area contributed by atoms with E-state index in [0.717, 1.165) is 22.2 Å². The molecule has 17 heavy (non-hydrogen) atoms. The molecule has 2 heterocycles. The van der Waals surface area contributed by atoms with Crippen molar-refractivity contribution in [1.82, 2.24) is 10.1 Å². The van der Waals surface area contributed by atoms with Crippen LogP contribution in [0.1, 0.15) is 5.56 Å². The molecule has 0 bridgehead atoms. The van der Waals surface area contributed by atoms with E-state index in [0.29, 0.717) is 11.4 Å². The van der Waals surface area contributed by atoms with Crippen LogP contribution in [0.15, 0.2) is 41.1 Å². The van der Waals surface area contributed by atoms with Gasteiger partial charge in [-0.05, 0) is 18.6 Å². The van der Waals surface area contributed by atoms with Crippen molar-refractivity contribution in [3.05, 3.63) is 42.1 Å². The molecule has 4 nitrogen and oxygen atoms in total. The number of benzene rings is 1. The van der Waals surface area contributed by atoms with Gasteiger partial charge in [0.15, 0.2) is 0 Å². The first kappa shape index (κ1) is 9.84. The number of nitrogen functional groups attached to an aromatic ring is 1. The molecule has 0 atom stereocenters. The molecule has 4 heteroatoms. The third kappa shape index (κ3) is 1.54. The molecule has 3 rings (SSSR count). The quantitative estimate of drug-likeness (QED) is 0.691. The molecular weight excluding hydrogens is 214 g/mol. The van der Waals surface area contributed by atoms with Gasteiger partial charge in [-0.15, -0.1) is 0 Å². The van der Waals surface area contributed by atoms with E-state index >= 15 is 0 Å². The number of aromatic nitrogens is 2. The maximum atomic E-state index is 5.74. The number of anilines is 1. The van der Waals surface area contributed by atoms with E-state index in [1.165, 1.54) is 0 Å². The zero-order valence-corrected chi connectivity index (χ0v) is 9.34. The molecular formula is C13H11N3O. The van der Waals surface area contributed by atoms with E-state index in [2.05, 4.69) is 10.1 Å². The highest BCUT2D eigenvalue weighted by Crippen LogP contribution is 2.29. The second-order valence-corrected chi connectivity index (χ2v) is 3.97. The highest BCUT2D eigenvalue weighted by molar-refractivity contribution is 5.91. The summed E-state index contributed by atoms with van der Waals surface area (Å²) in [7, 11) is 0. The van der Waals surface area contributed by atoms with Gasteiger partial charge in [-0.25, -0.2) is 4.98 Å². The van der Waals surface area contributed by atoms with Crippen LogP contribution in [0.25, 0.3) is 22.4 Å². The number of aryl methyl sites for hydroxylation is 1. The molecule has 0 unspecified atom stereocenters. The zero-order chi connectivity index (χ0) is 11.8. The van der Waals surface area contributed by atoms with E-state index in [1.807, 2.05) is 37.3 Å². The first-order valence-electron chi connectivity index (χ1n) is 5.32. The fraction of sp³-hybridized carbons (Fsp3) is 0.0769. The van der Waals surface area contributed by atoms with Crippen LogP contribution in [0.4, 0.5) is 5.69 Å². The summed E-state index contributed by atoms with van der Waals surface area (Å²) in [6.07, 6.45) is 1.56. The van der Waals surface area contributed by atoms with Crippen molar-refractivity contribution in [2.24, 2.45) is 0 Å². The predicted octanol–water partition coefficient (Wildman–Crippen LogP) is 2.78. The molecule has 0 radical (unpaired) electrons. The van der Waals surface area contributed by atoms with Gasteiger partial charge in [0.25, 0.3) is 5.71 Å². The van der Waals surface area contributed by atoms with Gasteiger partial charge >= 0.3 is 0 Å². The molecule has 2 N–H and O–H groups in total. The van der Waals surface area contributed by atoms with Gasteiger partial charge in [-0.3, -0.25) is 0 Å². The Kier molecular flexibility index (Phi) is 2.08. The average molecular weight is 225 g/mol. The van der Waals surface area contributed by atoms with Gasteiger partial charge in [0, 0.05) is 5.56 Å². The van der Waals surface area contributed by atoms with Gasteiger partial charge in [0.05, 0.1) is 17.3 Å². The minimum Gasteiger partial charge on any atom is -0.397 e. The first-order chi connectivity index (χ1) is 8.25. The number of rotatable bonds is 1. The molecule has 0 saturated carbocycles. The lowest BCUT2D eigenvalue weighted by atomic mass is 10.0. The van der Waals surface area contributed by atoms with E-state index in [1.54, 1.807) is 6.20 Å². The van der Waals surface area contributed by atoms with Crippen molar-refractivity contribution in [2.75, 3.05) is 5.73 Å². The molecule has 1 aromatic carbocycles. The second-order valence-electron chi connectivity index (χ2n) is 3.97. The summed E-state index contributed by atoms with van der Waals surface area (Å²) in [5.74, 6) is 0. The van der Waals surface area contributed by atoms with Crippen LogP contribution in [0.3, 0.4) is 0 Å². The number of pyridine rings is 1. The van der Waals surface area contributed by atoms with Crippen LogP contribution < -0.4 is 5.73 Å². The van der Waals surface area contributed by atoms with E-state index in [9.17, 15) is 0 Å². The Balaban J connectivity index is 2.31. The Morgan fingerprint density at radius 2 is 2.06 bits per heavy atom. The summed E-state index contributed by atoms with van der Waals surface area (Å²) in [6.45, 7) is 2.04. The number of hydrogen-bond donors (Lipinski definition) is 1. The predicted molar refractivity (Wildman–Crippen MR) is 66.4 cm³/mol. The number of nitrogens with zero attached hydrogens (tertiary/aromatic N) is 2. The fourth-order valence-electron chi connectivity index (χ4n) is 1.88. The lowest BCUT2D eigenvalue weighted by Crippen LogP contribution is -1.87. The molecule has 0 fully saturated rings. The lowest BCUT2D eigenvalue weighted by Gasteiger charge is -2.01. The number of nitrogens with two attached hydrogens (primary N) is 1. The molecule has 0 aliphatic heterocycles. The summed E-state index contributed by atoms with van der Waals surface area (Å²) in [5, 5.41) is 4.92. The van der Waals surface area contributed by atoms with Gasteiger partial charge in [0.2, 0.25) is 0 Å². The van der Waals surface area contributed by atoms with Crippen LogP contribution in [0.5, 0.6) is 0 Å². The molecule has 0 aliphatic carbocycles. The Labute approximate surface area is 98.1 Å². The SMILES string of the molecule is Cc1ccccc1-c1noc2ncc(N)cc12. The minimum atomic E-state index is 0.512. The molecule has 84 valence electrons. The van der Waals surface area contributed by atoms with Crippen LogP contribution in [0, 0.1) is 6.92 Å². The van der Waals surface area contributed by atoms with Crippen molar-refractivity contribution in [3.63, 3.8) is 0 Å². The second kappa shape index (κ2) is 3.59. The van der Waals surface area contributed by atoms with Gasteiger partial charge in [0.1, 0.15) is 5.69 Å². The Bertz CT molecular complexity index is 688. The minimum absolute atomic E-state index is 0.512. The van der Waals surface area contributed by atoms with Crippen molar-refractivity contribution in [3.8, 4) is 11.3 Å². The third-order valence-corrected chi connectivity index (χ3v) is 2.75. The van der Waals surface area contributed by atoms with Gasteiger partial charge in [-0.2, -0.15) is 0 Å². The smallest absolute Gasteiger partial charge is 0.258 e. The highest BCUT2D eigenvalue weighted by atomic mass is 16.5. The van der Waals surface area contributed by atoms with Gasteiger partial charge < -0.3 is 10.3 Å². The summed E-state index contributed by atoms with van der Waals surface area (Å²) in [6, 6.07) is 9.85. The van der Waals surface area contributed by atoms with Crippen LogP contribution in [-0.4, -0.2) is 10.1 Å². The summed E-state index contributed by atoms with van der Waals surface area (Å²) < 4.78 is 5.20.